The number of halogens is 1. The van der Waals surface area contributed by atoms with Crippen molar-refractivity contribution < 1.29 is 19.4 Å². The van der Waals surface area contributed by atoms with Gasteiger partial charge in [0.05, 0.1) is 11.1 Å². The molecule has 4 nitrogen and oxygen atoms in total. The lowest BCUT2D eigenvalue weighted by Crippen LogP contribution is -2.22. The third kappa shape index (κ3) is 5.03. The van der Waals surface area contributed by atoms with E-state index in [1.165, 1.54) is 6.92 Å². The van der Waals surface area contributed by atoms with Crippen LogP contribution in [0.3, 0.4) is 0 Å². The van der Waals surface area contributed by atoms with Gasteiger partial charge >= 0.3 is 5.97 Å². The highest BCUT2D eigenvalue weighted by atomic mass is 79.9. The Hall–Kier alpha value is -1.36. The normalized spacial score (nSPS) is 11.9. The Labute approximate surface area is 120 Å². The van der Waals surface area contributed by atoms with E-state index in [0.717, 1.165) is 15.8 Å². The number of ether oxygens (including phenoxy) is 1. The Morgan fingerprint density at radius 2 is 2.11 bits per heavy atom. The molecule has 0 radical (unpaired) electrons. The summed E-state index contributed by atoms with van der Waals surface area (Å²) >= 11 is 3.40. The van der Waals surface area contributed by atoms with Crippen molar-refractivity contribution in [3.8, 4) is 5.75 Å². The first-order valence-electron chi connectivity index (χ1n) is 6.04. The molecule has 1 rings (SSSR count). The van der Waals surface area contributed by atoms with Crippen LogP contribution >= 0.6 is 15.9 Å². The van der Waals surface area contributed by atoms with Gasteiger partial charge in [0.2, 0.25) is 0 Å². The van der Waals surface area contributed by atoms with Gasteiger partial charge in [-0.3, -0.25) is 9.59 Å². The van der Waals surface area contributed by atoms with E-state index < -0.39 is 11.9 Å². The standard InChI is InChI=1S/C14H17BrO4/c1-9-5-6-13(12(15)8-9)19-7-3-4-11(10(2)16)14(17)18/h5-6,8,11H,3-4,7H2,1-2H3,(H,17,18). The van der Waals surface area contributed by atoms with E-state index in [0.29, 0.717) is 19.4 Å². The maximum Gasteiger partial charge on any atom is 0.314 e. The largest absolute Gasteiger partial charge is 0.492 e. The molecule has 0 amide bonds. The Balaban J connectivity index is 2.42. The van der Waals surface area contributed by atoms with E-state index in [9.17, 15) is 9.59 Å². The fourth-order valence-corrected chi connectivity index (χ4v) is 2.30. The molecular formula is C14H17BrO4. The Morgan fingerprint density at radius 1 is 1.42 bits per heavy atom. The van der Waals surface area contributed by atoms with Gasteiger partial charge in [-0.05, 0) is 60.3 Å². The van der Waals surface area contributed by atoms with Crippen LogP contribution in [0.5, 0.6) is 5.75 Å². The Bertz CT molecular complexity index is 457. The molecule has 0 saturated heterocycles. The zero-order valence-electron chi connectivity index (χ0n) is 11.0. The van der Waals surface area contributed by atoms with Gasteiger partial charge in [0.15, 0.2) is 0 Å². The quantitative estimate of drug-likeness (QED) is 0.616. The summed E-state index contributed by atoms with van der Waals surface area (Å²) in [4.78, 5) is 21.9. The fraction of sp³-hybridized carbons (Fsp3) is 0.429. The second-order valence-electron chi connectivity index (χ2n) is 4.43. The van der Waals surface area contributed by atoms with Crippen LogP contribution in [0.15, 0.2) is 22.7 Å². The van der Waals surface area contributed by atoms with Crippen LogP contribution in [-0.4, -0.2) is 23.5 Å². The summed E-state index contributed by atoms with van der Waals surface area (Å²) < 4.78 is 6.42. The molecule has 5 heteroatoms. The van der Waals surface area contributed by atoms with Crippen molar-refractivity contribution in [1.82, 2.24) is 0 Å². The monoisotopic (exact) mass is 328 g/mol. The number of carbonyl (C=O) groups excluding carboxylic acids is 1. The van der Waals surface area contributed by atoms with Crippen LogP contribution < -0.4 is 4.74 Å². The van der Waals surface area contributed by atoms with E-state index >= 15 is 0 Å². The highest BCUT2D eigenvalue weighted by molar-refractivity contribution is 9.10. The average Bonchev–Trinajstić information content (AvgIpc) is 2.30. The smallest absolute Gasteiger partial charge is 0.314 e. The number of benzene rings is 1. The molecule has 0 aliphatic heterocycles. The van der Waals surface area contributed by atoms with Gasteiger partial charge in [0.25, 0.3) is 0 Å². The zero-order valence-corrected chi connectivity index (χ0v) is 12.6. The summed E-state index contributed by atoms with van der Waals surface area (Å²) in [6.07, 6.45) is 0.824. The summed E-state index contributed by atoms with van der Waals surface area (Å²) in [5.74, 6) is -1.58. The molecule has 0 bridgehead atoms. The first kappa shape index (κ1) is 15.7. The maximum absolute atomic E-state index is 11.1. The molecule has 0 fully saturated rings. The van der Waals surface area contributed by atoms with Crippen LogP contribution in [0.1, 0.15) is 25.3 Å². The highest BCUT2D eigenvalue weighted by Gasteiger charge is 2.21. The van der Waals surface area contributed by atoms with E-state index in [1.54, 1.807) is 0 Å². The van der Waals surface area contributed by atoms with Gasteiger partial charge in [-0.1, -0.05) is 6.07 Å². The third-order valence-electron chi connectivity index (χ3n) is 2.77. The number of carboxylic acids is 1. The van der Waals surface area contributed by atoms with Crippen molar-refractivity contribution >= 4 is 27.7 Å². The average molecular weight is 329 g/mol. The molecule has 1 aromatic carbocycles. The minimum absolute atomic E-state index is 0.300. The van der Waals surface area contributed by atoms with E-state index in [2.05, 4.69) is 15.9 Å². The van der Waals surface area contributed by atoms with Crippen LogP contribution in [-0.2, 0) is 9.59 Å². The van der Waals surface area contributed by atoms with Crippen molar-refractivity contribution in [3.63, 3.8) is 0 Å². The lowest BCUT2D eigenvalue weighted by atomic mass is 10.00. The minimum Gasteiger partial charge on any atom is -0.492 e. The molecule has 0 aromatic heterocycles. The summed E-state index contributed by atoms with van der Waals surface area (Å²) in [5, 5.41) is 8.87. The number of carbonyl (C=O) groups is 2. The molecule has 0 heterocycles. The molecule has 1 atom stereocenters. The minimum atomic E-state index is -1.07. The second kappa shape index (κ2) is 7.28. The Kier molecular flexibility index (Phi) is 6.02. The van der Waals surface area contributed by atoms with Gasteiger partial charge in [-0.15, -0.1) is 0 Å². The molecule has 0 aliphatic carbocycles. The third-order valence-corrected chi connectivity index (χ3v) is 3.39. The molecule has 0 aliphatic rings. The summed E-state index contributed by atoms with van der Waals surface area (Å²) in [6, 6.07) is 5.75. The van der Waals surface area contributed by atoms with E-state index in [4.69, 9.17) is 9.84 Å². The molecule has 0 saturated carbocycles. The van der Waals surface area contributed by atoms with Gasteiger partial charge in [-0.25, -0.2) is 0 Å². The molecule has 1 unspecified atom stereocenters. The van der Waals surface area contributed by atoms with Gasteiger partial charge in [-0.2, -0.15) is 0 Å². The molecule has 104 valence electrons. The lowest BCUT2D eigenvalue weighted by Gasteiger charge is -2.11. The van der Waals surface area contributed by atoms with Gasteiger partial charge < -0.3 is 9.84 Å². The molecule has 0 spiro atoms. The zero-order chi connectivity index (χ0) is 14.4. The summed E-state index contributed by atoms with van der Waals surface area (Å²) in [5.41, 5.74) is 1.13. The number of aliphatic carboxylic acids is 1. The number of Topliss-reactive ketones (excluding diaryl/α,β-unsaturated/α-hetero) is 1. The number of hydrogen-bond donors (Lipinski definition) is 1. The van der Waals surface area contributed by atoms with Crippen molar-refractivity contribution in [2.24, 2.45) is 5.92 Å². The number of aryl methyl sites for hydroxylation is 1. The SMILES string of the molecule is CC(=O)C(CCCOc1ccc(C)cc1Br)C(=O)O. The van der Waals surface area contributed by atoms with E-state index in [1.807, 2.05) is 25.1 Å². The summed E-state index contributed by atoms with van der Waals surface area (Å²) in [6.45, 7) is 3.67. The number of ketones is 1. The number of rotatable bonds is 7. The predicted molar refractivity (Wildman–Crippen MR) is 75.4 cm³/mol. The first-order chi connectivity index (χ1) is 8.91. The van der Waals surface area contributed by atoms with Crippen molar-refractivity contribution in [2.45, 2.75) is 26.7 Å². The van der Waals surface area contributed by atoms with Crippen LogP contribution in [0, 0.1) is 12.8 Å². The van der Waals surface area contributed by atoms with Crippen molar-refractivity contribution in [2.75, 3.05) is 6.61 Å². The second-order valence-corrected chi connectivity index (χ2v) is 5.28. The predicted octanol–water partition coefficient (Wildman–Crippen LogP) is 3.21. The van der Waals surface area contributed by atoms with Crippen LogP contribution in [0.4, 0.5) is 0 Å². The van der Waals surface area contributed by atoms with Crippen LogP contribution in [0.25, 0.3) is 0 Å². The van der Waals surface area contributed by atoms with Gasteiger partial charge in [0.1, 0.15) is 17.5 Å². The topological polar surface area (TPSA) is 63.6 Å². The van der Waals surface area contributed by atoms with Crippen LogP contribution in [0.2, 0.25) is 0 Å². The molecular weight excluding hydrogens is 312 g/mol. The molecule has 19 heavy (non-hydrogen) atoms. The van der Waals surface area contributed by atoms with Crippen molar-refractivity contribution in [3.05, 3.63) is 28.2 Å². The number of carboxylic acid groups (broad SMARTS) is 1. The van der Waals surface area contributed by atoms with Crippen molar-refractivity contribution in [1.29, 1.82) is 0 Å². The molecule has 1 N–H and O–H groups in total. The highest BCUT2D eigenvalue weighted by Crippen LogP contribution is 2.26. The lowest BCUT2D eigenvalue weighted by molar-refractivity contribution is -0.146. The van der Waals surface area contributed by atoms with Gasteiger partial charge in [0, 0.05) is 0 Å². The number of hydrogen-bond acceptors (Lipinski definition) is 3. The summed E-state index contributed by atoms with van der Waals surface area (Å²) in [7, 11) is 0. The molecule has 1 aromatic rings. The van der Waals surface area contributed by atoms with E-state index in [-0.39, 0.29) is 5.78 Å². The Morgan fingerprint density at radius 3 is 2.63 bits per heavy atom. The fourth-order valence-electron chi connectivity index (χ4n) is 1.69. The first-order valence-corrected chi connectivity index (χ1v) is 6.83. The maximum atomic E-state index is 11.1.